The maximum Gasteiger partial charge on any atom is 0.351 e. The largest absolute Gasteiger partial charge is 0.485 e. The molecule has 20 heavy (non-hydrogen) atoms. The topological polar surface area (TPSA) is 49.2 Å². The summed E-state index contributed by atoms with van der Waals surface area (Å²) in [6.45, 7) is 7.74. The van der Waals surface area contributed by atoms with Gasteiger partial charge in [0.25, 0.3) is 0 Å². The van der Waals surface area contributed by atoms with Crippen molar-refractivity contribution in [2.45, 2.75) is 20.0 Å². The molecule has 0 fully saturated rings. The zero-order valence-corrected chi connectivity index (χ0v) is 12.1. The fraction of sp³-hybridized carbons (Fsp3) is 0.533. The number of hydrogen-bond donors (Lipinski definition) is 1. The van der Waals surface area contributed by atoms with Crippen LogP contribution in [0.3, 0.4) is 0 Å². The molecule has 0 amide bonds. The van der Waals surface area contributed by atoms with E-state index in [1.165, 1.54) is 4.90 Å². The third-order valence-corrected chi connectivity index (χ3v) is 3.47. The SMILES string of the molecule is CC[NH+](CC)CCOC(=O)C1COc2ccccc2O1. The monoisotopic (exact) mass is 280 g/mol. The molecule has 5 nitrogen and oxygen atoms in total. The summed E-state index contributed by atoms with van der Waals surface area (Å²) in [5.74, 6) is 0.908. The fourth-order valence-electron chi connectivity index (χ4n) is 2.13. The molecule has 0 radical (unpaired) electrons. The highest BCUT2D eigenvalue weighted by atomic mass is 16.6. The molecule has 0 saturated heterocycles. The Morgan fingerprint density at radius 1 is 1.30 bits per heavy atom. The predicted octanol–water partition coefficient (Wildman–Crippen LogP) is 0.294. The van der Waals surface area contributed by atoms with Crippen molar-refractivity contribution >= 4 is 5.97 Å². The molecule has 1 aromatic rings. The summed E-state index contributed by atoms with van der Waals surface area (Å²) in [7, 11) is 0. The van der Waals surface area contributed by atoms with E-state index in [0.29, 0.717) is 18.1 Å². The van der Waals surface area contributed by atoms with Crippen molar-refractivity contribution in [3.05, 3.63) is 24.3 Å². The number of quaternary nitrogens is 1. The molecule has 0 spiro atoms. The Hall–Kier alpha value is -1.75. The van der Waals surface area contributed by atoms with Crippen LogP contribution in [-0.4, -0.2) is 44.9 Å². The first-order chi connectivity index (χ1) is 9.74. The van der Waals surface area contributed by atoms with Gasteiger partial charge in [0, 0.05) is 0 Å². The second-order valence-corrected chi connectivity index (χ2v) is 4.74. The molecule has 0 bridgehead atoms. The lowest BCUT2D eigenvalue weighted by Crippen LogP contribution is -3.11. The summed E-state index contributed by atoms with van der Waals surface area (Å²) in [4.78, 5) is 13.3. The van der Waals surface area contributed by atoms with Crippen LogP contribution < -0.4 is 14.4 Å². The normalized spacial score (nSPS) is 17.1. The van der Waals surface area contributed by atoms with Crippen molar-refractivity contribution in [2.24, 2.45) is 0 Å². The van der Waals surface area contributed by atoms with E-state index in [-0.39, 0.29) is 12.6 Å². The average molecular weight is 280 g/mol. The van der Waals surface area contributed by atoms with Gasteiger partial charge in [0.15, 0.2) is 11.5 Å². The summed E-state index contributed by atoms with van der Waals surface area (Å²) in [6, 6.07) is 7.32. The fourth-order valence-corrected chi connectivity index (χ4v) is 2.13. The molecule has 1 unspecified atom stereocenters. The van der Waals surface area contributed by atoms with Gasteiger partial charge in [0.1, 0.15) is 19.8 Å². The molecule has 1 aliphatic rings. The van der Waals surface area contributed by atoms with E-state index in [9.17, 15) is 4.79 Å². The molecular formula is C15H22NO4+. The molecular weight excluding hydrogens is 258 g/mol. The molecule has 1 heterocycles. The van der Waals surface area contributed by atoms with Crippen LogP contribution in [0.1, 0.15) is 13.8 Å². The molecule has 1 N–H and O–H groups in total. The zero-order valence-electron chi connectivity index (χ0n) is 12.1. The average Bonchev–Trinajstić information content (AvgIpc) is 2.51. The predicted molar refractivity (Wildman–Crippen MR) is 74.2 cm³/mol. The van der Waals surface area contributed by atoms with Crippen molar-refractivity contribution in [2.75, 3.05) is 32.8 Å². The third kappa shape index (κ3) is 3.63. The highest BCUT2D eigenvalue weighted by Gasteiger charge is 2.28. The maximum absolute atomic E-state index is 11.9. The summed E-state index contributed by atoms with van der Waals surface area (Å²) < 4.78 is 16.4. The van der Waals surface area contributed by atoms with Crippen molar-refractivity contribution < 1.29 is 23.9 Å². The van der Waals surface area contributed by atoms with E-state index in [2.05, 4.69) is 13.8 Å². The van der Waals surface area contributed by atoms with Gasteiger partial charge in [0.05, 0.1) is 13.1 Å². The van der Waals surface area contributed by atoms with Crippen LogP contribution in [0.15, 0.2) is 24.3 Å². The molecule has 0 saturated carbocycles. The van der Waals surface area contributed by atoms with E-state index in [0.717, 1.165) is 19.6 Å². The van der Waals surface area contributed by atoms with Crippen molar-refractivity contribution in [3.8, 4) is 11.5 Å². The molecule has 1 aliphatic heterocycles. The van der Waals surface area contributed by atoms with Crippen molar-refractivity contribution in [1.82, 2.24) is 0 Å². The molecule has 5 heteroatoms. The Bertz CT molecular complexity index is 445. The Labute approximate surface area is 119 Å². The lowest BCUT2D eigenvalue weighted by atomic mass is 10.2. The van der Waals surface area contributed by atoms with Crippen LogP contribution >= 0.6 is 0 Å². The van der Waals surface area contributed by atoms with Crippen molar-refractivity contribution in [3.63, 3.8) is 0 Å². The standard InChI is InChI=1S/C15H21NO4/c1-3-16(4-2)9-10-18-15(17)14-11-19-12-7-5-6-8-13(12)20-14/h5-8,14H,3-4,9-11H2,1-2H3/p+1. The van der Waals surface area contributed by atoms with Crippen LogP contribution in [0.2, 0.25) is 0 Å². The van der Waals surface area contributed by atoms with Crippen LogP contribution in [0.4, 0.5) is 0 Å². The highest BCUT2D eigenvalue weighted by molar-refractivity contribution is 5.75. The number of carbonyl (C=O) groups is 1. The maximum atomic E-state index is 11.9. The van der Waals surface area contributed by atoms with E-state index >= 15 is 0 Å². The van der Waals surface area contributed by atoms with Crippen LogP contribution in [0, 0.1) is 0 Å². The van der Waals surface area contributed by atoms with Gasteiger partial charge >= 0.3 is 5.97 Å². The van der Waals surface area contributed by atoms with E-state index in [1.54, 1.807) is 6.07 Å². The second kappa shape index (κ2) is 7.14. The van der Waals surface area contributed by atoms with Gasteiger partial charge < -0.3 is 19.1 Å². The highest BCUT2D eigenvalue weighted by Crippen LogP contribution is 2.30. The number of fused-ring (bicyclic) bond motifs is 1. The third-order valence-electron chi connectivity index (χ3n) is 3.47. The Kier molecular flexibility index (Phi) is 5.24. The first kappa shape index (κ1) is 14.7. The number of likely N-dealkylation sites (N-methyl/N-ethyl adjacent to an activating group) is 1. The number of ether oxygens (including phenoxy) is 3. The number of para-hydroxylation sites is 2. The minimum absolute atomic E-state index is 0.202. The Morgan fingerprint density at radius 2 is 2.00 bits per heavy atom. The van der Waals surface area contributed by atoms with Gasteiger partial charge in [-0.05, 0) is 26.0 Å². The van der Waals surface area contributed by atoms with Crippen LogP contribution in [-0.2, 0) is 9.53 Å². The van der Waals surface area contributed by atoms with E-state index < -0.39 is 6.10 Å². The van der Waals surface area contributed by atoms with Crippen molar-refractivity contribution in [1.29, 1.82) is 0 Å². The second-order valence-electron chi connectivity index (χ2n) is 4.74. The first-order valence-electron chi connectivity index (χ1n) is 7.13. The van der Waals surface area contributed by atoms with E-state index in [1.807, 2.05) is 18.2 Å². The number of benzene rings is 1. The minimum Gasteiger partial charge on any atom is -0.485 e. The van der Waals surface area contributed by atoms with Gasteiger partial charge in [-0.3, -0.25) is 0 Å². The summed E-state index contributed by atoms with van der Waals surface area (Å²) in [5, 5.41) is 0. The van der Waals surface area contributed by atoms with Gasteiger partial charge in [-0.1, -0.05) is 12.1 Å². The smallest absolute Gasteiger partial charge is 0.351 e. The van der Waals surface area contributed by atoms with Gasteiger partial charge in [-0.15, -0.1) is 0 Å². The number of nitrogens with one attached hydrogen (secondary N) is 1. The number of rotatable bonds is 6. The molecule has 110 valence electrons. The summed E-state index contributed by atoms with van der Waals surface area (Å²) in [5.41, 5.74) is 0. The van der Waals surface area contributed by atoms with E-state index in [4.69, 9.17) is 14.2 Å². The van der Waals surface area contributed by atoms with Crippen LogP contribution in [0.25, 0.3) is 0 Å². The first-order valence-corrected chi connectivity index (χ1v) is 7.13. The Balaban J connectivity index is 1.80. The lowest BCUT2D eigenvalue weighted by Gasteiger charge is -2.25. The molecule has 2 rings (SSSR count). The number of carbonyl (C=O) groups excluding carboxylic acids is 1. The Morgan fingerprint density at radius 3 is 2.70 bits per heavy atom. The molecule has 1 aromatic carbocycles. The summed E-state index contributed by atoms with van der Waals surface area (Å²) >= 11 is 0. The molecule has 0 aromatic heterocycles. The van der Waals surface area contributed by atoms with Gasteiger partial charge in [-0.2, -0.15) is 0 Å². The minimum atomic E-state index is -0.670. The summed E-state index contributed by atoms with van der Waals surface area (Å²) in [6.07, 6.45) is -0.670. The number of esters is 1. The van der Waals surface area contributed by atoms with Gasteiger partial charge in [0.2, 0.25) is 6.10 Å². The lowest BCUT2D eigenvalue weighted by molar-refractivity contribution is -0.896. The molecule has 1 atom stereocenters. The molecule has 0 aliphatic carbocycles. The van der Waals surface area contributed by atoms with Crippen LogP contribution in [0.5, 0.6) is 11.5 Å². The zero-order chi connectivity index (χ0) is 14.4. The van der Waals surface area contributed by atoms with Gasteiger partial charge in [-0.25, -0.2) is 4.79 Å². The number of hydrogen-bond acceptors (Lipinski definition) is 4. The quantitative estimate of drug-likeness (QED) is 0.761.